The van der Waals surface area contributed by atoms with E-state index >= 15 is 0 Å². The third-order valence-corrected chi connectivity index (χ3v) is 10.1. The quantitative estimate of drug-likeness (QED) is 0.183. The van der Waals surface area contributed by atoms with E-state index in [4.69, 9.17) is 18.5 Å². The molecule has 1 fully saturated rings. The molecule has 0 aliphatic carbocycles. The second-order valence-corrected chi connectivity index (χ2v) is 14.8. The minimum absolute atomic E-state index is 0.0384. The molecule has 0 radical (unpaired) electrons. The van der Waals surface area contributed by atoms with Crippen LogP contribution in [-0.4, -0.2) is 46.2 Å². The van der Waals surface area contributed by atoms with Crippen LogP contribution in [0.2, 0.25) is 0 Å². The first-order chi connectivity index (χ1) is 19.6. The number of nitrogens with zero attached hydrogens (tertiary/aromatic N) is 1. The van der Waals surface area contributed by atoms with Gasteiger partial charge in [0.15, 0.2) is 0 Å². The fourth-order valence-electron chi connectivity index (χ4n) is 5.46. The van der Waals surface area contributed by atoms with Crippen molar-refractivity contribution in [3.8, 4) is 11.5 Å². The second kappa shape index (κ2) is 16.0. The Bertz CT molecular complexity index is 1110. The Kier molecular flexibility index (Phi) is 13.1. The molecule has 7 heteroatoms. The van der Waals surface area contributed by atoms with Crippen LogP contribution in [0.25, 0.3) is 0 Å². The Morgan fingerprint density at radius 3 is 2.44 bits per heavy atom. The molecule has 1 unspecified atom stereocenters. The van der Waals surface area contributed by atoms with Gasteiger partial charge in [-0.25, -0.2) is 0 Å². The Morgan fingerprint density at radius 2 is 1.78 bits per heavy atom. The van der Waals surface area contributed by atoms with E-state index in [2.05, 4.69) is 62.9 Å². The summed E-state index contributed by atoms with van der Waals surface area (Å²) in [5.41, 5.74) is 4.20. The van der Waals surface area contributed by atoms with Crippen LogP contribution in [0.5, 0.6) is 11.5 Å². The zero-order valence-corrected chi connectivity index (χ0v) is 27.5. The van der Waals surface area contributed by atoms with Crippen molar-refractivity contribution in [3.63, 3.8) is 0 Å². The minimum Gasteiger partial charge on any atom is -0.497 e. The van der Waals surface area contributed by atoms with E-state index in [9.17, 15) is 4.57 Å². The first-order valence-corrected chi connectivity index (χ1v) is 17.3. The summed E-state index contributed by atoms with van der Waals surface area (Å²) in [4.78, 5) is 2.53. The summed E-state index contributed by atoms with van der Waals surface area (Å²) in [6.07, 6.45) is 6.88. The zero-order chi connectivity index (χ0) is 29.9. The highest BCUT2D eigenvalue weighted by Gasteiger charge is 2.28. The van der Waals surface area contributed by atoms with Crippen LogP contribution >= 0.6 is 7.60 Å². The third kappa shape index (κ3) is 11.0. The lowest BCUT2D eigenvalue weighted by atomic mass is 9.88. The van der Waals surface area contributed by atoms with Crippen molar-refractivity contribution < 1.29 is 23.1 Å². The molecule has 2 aromatic rings. The molecule has 1 heterocycles. The van der Waals surface area contributed by atoms with Gasteiger partial charge in [-0.1, -0.05) is 52.8 Å². The number of anilines is 1. The average molecular weight is 588 g/mol. The molecule has 0 amide bonds. The number of benzene rings is 2. The van der Waals surface area contributed by atoms with Gasteiger partial charge in [-0.05, 0) is 92.0 Å². The minimum atomic E-state index is -3.12. The van der Waals surface area contributed by atoms with Gasteiger partial charge in [-0.2, -0.15) is 0 Å². The summed E-state index contributed by atoms with van der Waals surface area (Å²) in [6, 6.07) is 14.7. The van der Waals surface area contributed by atoms with Gasteiger partial charge in [0.05, 0.1) is 33.1 Å². The molecule has 2 aromatic carbocycles. The first-order valence-electron chi connectivity index (χ1n) is 15.6. The van der Waals surface area contributed by atoms with Crippen LogP contribution in [0.3, 0.4) is 0 Å². The summed E-state index contributed by atoms with van der Waals surface area (Å²) in [7, 11) is -1.37. The predicted molar refractivity (Wildman–Crippen MR) is 171 cm³/mol. The molecule has 0 N–H and O–H groups in total. The van der Waals surface area contributed by atoms with Gasteiger partial charge in [-0.15, -0.1) is 0 Å². The number of aryl methyl sites for hydroxylation is 1. The normalized spacial score (nSPS) is 16.8. The topological polar surface area (TPSA) is 57.2 Å². The highest BCUT2D eigenvalue weighted by atomic mass is 31.2. The van der Waals surface area contributed by atoms with Gasteiger partial charge < -0.3 is 23.4 Å². The highest BCUT2D eigenvalue weighted by molar-refractivity contribution is 7.53. The van der Waals surface area contributed by atoms with Gasteiger partial charge in [0, 0.05) is 24.8 Å². The smallest absolute Gasteiger partial charge is 0.331 e. The van der Waals surface area contributed by atoms with Crippen molar-refractivity contribution in [3.05, 3.63) is 53.6 Å². The molecule has 6 nitrogen and oxygen atoms in total. The molecule has 0 spiro atoms. The van der Waals surface area contributed by atoms with E-state index in [-0.39, 0.29) is 5.92 Å². The van der Waals surface area contributed by atoms with Gasteiger partial charge in [-0.3, -0.25) is 4.57 Å². The van der Waals surface area contributed by atoms with E-state index < -0.39 is 7.60 Å². The molecular formula is C34H54NO5P. The fraction of sp³-hybridized carbons (Fsp3) is 0.647. The third-order valence-electron chi connectivity index (χ3n) is 7.85. The molecule has 41 heavy (non-hydrogen) atoms. The van der Waals surface area contributed by atoms with Crippen LogP contribution in [0, 0.1) is 11.3 Å². The molecule has 1 saturated heterocycles. The molecular weight excluding hydrogens is 533 g/mol. The monoisotopic (exact) mass is 587 g/mol. The molecule has 2 atom stereocenters. The molecule has 1 aliphatic rings. The van der Waals surface area contributed by atoms with E-state index in [1.165, 1.54) is 24.1 Å². The first kappa shape index (κ1) is 33.5. The second-order valence-electron chi connectivity index (χ2n) is 12.7. The number of hydrogen-bond donors (Lipinski definition) is 0. The van der Waals surface area contributed by atoms with Crippen LogP contribution in [0.4, 0.5) is 5.69 Å². The van der Waals surface area contributed by atoms with E-state index in [1.807, 2.05) is 26.0 Å². The largest absolute Gasteiger partial charge is 0.497 e. The summed E-state index contributed by atoms with van der Waals surface area (Å²) in [6.45, 7) is 16.5. The van der Waals surface area contributed by atoms with Crippen molar-refractivity contribution in [2.75, 3.05) is 51.1 Å². The van der Waals surface area contributed by atoms with Crippen molar-refractivity contribution in [1.82, 2.24) is 0 Å². The number of piperidine rings is 1. The average Bonchev–Trinajstić information content (AvgIpc) is 2.95. The summed E-state index contributed by atoms with van der Waals surface area (Å²) in [5.74, 6) is 2.35. The fourth-order valence-corrected chi connectivity index (χ4v) is 7.48. The van der Waals surface area contributed by atoms with E-state index in [0.717, 1.165) is 55.8 Å². The summed E-state index contributed by atoms with van der Waals surface area (Å²) < 4.78 is 36.3. The molecule has 0 aromatic heterocycles. The Labute approximate surface area is 249 Å². The van der Waals surface area contributed by atoms with Gasteiger partial charge in [0.2, 0.25) is 0 Å². The number of rotatable bonds is 16. The van der Waals surface area contributed by atoms with Crippen LogP contribution in [-0.2, 0) is 20.0 Å². The number of methoxy groups -OCH3 is 1. The van der Waals surface area contributed by atoms with E-state index in [1.54, 1.807) is 7.11 Å². The van der Waals surface area contributed by atoms with Gasteiger partial charge in [0.1, 0.15) is 11.5 Å². The number of hydrogen-bond acceptors (Lipinski definition) is 6. The molecule has 3 rings (SSSR count). The highest BCUT2D eigenvalue weighted by Crippen LogP contribution is 2.51. The van der Waals surface area contributed by atoms with Gasteiger partial charge >= 0.3 is 7.60 Å². The maximum absolute atomic E-state index is 13.2. The summed E-state index contributed by atoms with van der Waals surface area (Å²) in [5, 5.41) is 0. The lowest BCUT2D eigenvalue weighted by Gasteiger charge is -2.35. The summed E-state index contributed by atoms with van der Waals surface area (Å²) >= 11 is 0. The molecule has 0 bridgehead atoms. The molecule has 230 valence electrons. The van der Waals surface area contributed by atoms with Crippen molar-refractivity contribution in [2.45, 2.75) is 86.0 Å². The Balaban J connectivity index is 1.55. The maximum Gasteiger partial charge on any atom is 0.331 e. The number of ether oxygens (including phenoxy) is 2. The van der Waals surface area contributed by atoms with Crippen LogP contribution < -0.4 is 14.4 Å². The Hall–Kier alpha value is -2.01. The maximum atomic E-state index is 13.2. The standard InChI is InChI=1S/C34H54NO5P/c1-8-22-40-41(36,39-9-2)26-27(3)30-12-10-14-32(23-30)38-25-28-17-20-35(21-18-28)33-24-31(37-7)16-15-29(33)13-11-19-34(4,5)6/h10,12,14-16,23-24,27-28H,8-9,11,13,17-22,25-26H2,1-7H3/t27-,41?/m1/s1. The van der Waals surface area contributed by atoms with Crippen LogP contribution in [0.15, 0.2) is 42.5 Å². The van der Waals surface area contributed by atoms with Crippen molar-refractivity contribution in [2.24, 2.45) is 11.3 Å². The van der Waals surface area contributed by atoms with Crippen LogP contribution in [0.1, 0.15) is 90.7 Å². The molecule has 0 saturated carbocycles. The van der Waals surface area contributed by atoms with E-state index in [0.29, 0.717) is 37.3 Å². The lowest BCUT2D eigenvalue weighted by Crippen LogP contribution is -2.36. The van der Waals surface area contributed by atoms with Gasteiger partial charge in [0.25, 0.3) is 0 Å². The zero-order valence-electron chi connectivity index (χ0n) is 26.6. The van der Waals surface area contributed by atoms with Crippen molar-refractivity contribution in [1.29, 1.82) is 0 Å². The predicted octanol–water partition coefficient (Wildman–Crippen LogP) is 9.12. The van der Waals surface area contributed by atoms with Crippen molar-refractivity contribution >= 4 is 13.3 Å². The lowest BCUT2D eigenvalue weighted by molar-refractivity contribution is 0.210. The SMILES string of the molecule is CCCOP(=O)(C[C@@H](C)c1cccc(OCC2CCN(c3cc(OC)ccc3CCCC(C)(C)C)CC2)c1)OCC. The molecule has 1 aliphatic heterocycles. The Morgan fingerprint density at radius 1 is 1.02 bits per heavy atom.